The van der Waals surface area contributed by atoms with E-state index < -0.39 is 39.0 Å². The van der Waals surface area contributed by atoms with Crippen LogP contribution < -0.4 is 10.1 Å². The summed E-state index contributed by atoms with van der Waals surface area (Å²) in [5, 5.41) is 2.49. The molecule has 0 fully saturated rings. The van der Waals surface area contributed by atoms with Gasteiger partial charge in [-0.1, -0.05) is 0 Å². The summed E-state index contributed by atoms with van der Waals surface area (Å²) in [5.74, 6) is -3.05. The lowest BCUT2D eigenvalue weighted by molar-refractivity contribution is -0.131. The summed E-state index contributed by atoms with van der Waals surface area (Å²) in [7, 11) is -1.23. The van der Waals surface area contributed by atoms with Crippen LogP contribution >= 0.6 is 0 Å². The van der Waals surface area contributed by atoms with Gasteiger partial charge in [0.25, 0.3) is 0 Å². The molecule has 0 saturated heterocycles. The van der Waals surface area contributed by atoms with E-state index in [4.69, 9.17) is 4.74 Å². The van der Waals surface area contributed by atoms with Gasteiger partial charge in [0.15, 0.2) is 15.6 Å². The van der Waals surface area contributed by atoms with Crippen LogP contribution in [-0.4, -0.2) is 57.4 Å². The predicted octanol–water partition coefficient (Wildman–Crippen LogP) is 2.05. The molecule has 10 heteroatoms. The molecule has 0 unspecified atom stereocenters. The van der Waals surface area contributed by atoms with Crippen LogP contribution in [0.25, 0.3) is 0 Å². The minimum atomic E-state index is -3.91. The number of anilines is 1. The highest BCUT2D eigenvalue weighted by molar-refractivity contribution is 7.91. The van der Waals surface area contributed by atoms with Crippen molar-refractivity contribution in [3.63, 3.8) is 0 Å². The molecule has 0 aliphatic carbocycles. The quantitative estimate of drug-likeness (QED) is 0.586. The molecule has 166 valence electrons. The zero-order chi connectivity index (χ0) is 23.2. The third-order valence-electron chi connectivity index (χ3n) is 4.34. The molecule has 0 radical (unpaired) electrons. The molecule has 0 spiro atoms. The normalized spacial score (nSPS) is 11.0. The van der Waals surface area contributed by atoms with Gasteiger partial charge in [-0.2, -0.15) is 0 Å². The lowest BCUT2D eigenvalue weighted by Crippen LogP contribution is -2.38. The van der Waals surface area contributed by atoms with Crippen molar-refractivity contribution in [2.75, 3.05) is 31.8 Å². The maximum Gasteiger partial charge on any atom is 0.243 e. The molecule has 2 rings (SSSR count). The number of methoxy groups -OCH3 is 1. The largest absolute Gasteiger partial charge is 0.496 e. The molecule has 2 aromatic rings. The van der Waals surface area contributed by atoms with E-state index in [1.807, 2.05) is 0 Å². The predicted molar refractivity (Wildman–Crippen MR) is 113 cm³/mol. The number of sulfone groups is 1. The van der Waals surface area contributed by atoms with Gasteiger partial charge in [-0.3, -0.25) is 14.4 Å². The van der Waals surface area contributed by atoms with E-state index in [0.29, 0.717) is 11.3 Å². The second kappa shape index (κ2) is 10.2. The lowest BCUT2D eigenvalue weighted by Gasteiger charge is -2.17. The summed E-state index contributed by atoms with van der Waals surface area (Å²) in [6, 6.07) is 9.51. The van der Waals surface area contributed by atoms with E-state index >= 15 is 0 Å². The van der Waals surface area contributed by atoms with Crippen LogP contribution in [-0.2, 0) is 25.2 Å². The SMILES string of the molecule is COc1ccc(C(C)=O)cc1CS(=O)(=O)CC(=O)N(C)CC(=O)Nc1ccc(F)cc1. The topological polar surface area (TPSA) is 110 Å². The standard InChI is InChI=1S/C21H23FN2O6S/c1-14(25)15-4-9-19(30-3)16(10-15)12-31(28,29)13-21(27)24(2)11-20(26)23-18-7-5-17(22)6-8-18/h4-10H,11-13H2,1-3H3,(H,23,26). The molecule has 0 heterocycles. The summed E-state index contributed by atoms with van der Waals surface area (Å²) in [6.45, 7) is 0.977. The van der Waals surface area contributed by atoms with Gasteiger partial charge >= 0.3 is 0 Å². The van der Waals surface area contributed by atoms with Gasteiger partial charge in [0.2, 0.25) is 11.8 Å². The number of benzene rings is 2. The molecule has 2 amide bonds. The Bertz CT molecular complexity index is 1080. The van der Waals surface area contributed by atoms with Gasteiger partial charge in [-0.25, -0.2) is 12.8 Å². The van der Waals surface area contributed by atoms with Crippen LogP contribution in [0.2, 0.25) is 0 Å². The highest BCUT2D eigenvalue weighted by Crippen LogP contribution is 2.23. The Kier molecular flexibility index (Phi) is 7.87. The molecule has 0 bridgehead atoms. The van der Waals surface area contributed by atoms with Crippen molar-refractivity contribution in [2.24, 2.45) is 0 Å². The van der Waals surface area contributed by atoms with Gasteiger partial charge in [0, 0.05) is 23.9 Å². The zero-order valence-electron chi connectivity index (χ0n) is 17.3. The van der Waals surface area contributed by atoms with Crippen LogP contribution in [0.15, 0.2) is 42.5 Å². The van der Waals surface area contributed by atoms with Crippen molar-refractivity contribution in [3.05, 3.63) is 59.4 Å². The van der Waals surface area contributed by atoms with E-state index in [0.717, 1.165) is 4.90 Å². The Labute approximate surface area is 179 Å². The number of halogens is 1. The average Bonchev–Trinajstić information content (AvgIpc) is 2.68. The van der Waals surface area contributed by atoms with Crippen molar-refractivity contribution < 1.29 is 31.9 Å². The number of likely N-dealkylation sites (N-methyl/N-ethyl adjacent to an activating group) is 1. The number of carbonyl (C=O) groups excluding carboxylic acids is 3. The third-order valence-corrected chi connectivity index (χ3v) is 5.78. The Morgan fingerprint density at radius 1 is 1.10 bits per heavy atom. The summed E-state index contributed by atoms with van der Waals surface area (Å²) in [4.78, 5) is 37.0. The smallest absolute Gasteiger partial charge is 0.243 e. The average molecular weight is 450 g/mol. The van der Waals surface area contributed by atoms with Crippen molar-refractivity contribution in [1.82, 2.24) is 4.90 Å². The van der Waals surface area contributed by atoms with E-state index in [-0.39, 0.29) is 23.6 Å². The maximum atomic E-state index is 12.9. The number of amides is 2. The highest BCUT2D eigenvalue weighted by Gasteiger charge is 2.23. The van der Waals surface area contributed by atoms with Crippen LogP contribution in [0, 0.1) is 5.82 Å². The third kappa shape index (κ3) is 7.18. The molecule has 0 saturated carbocycles. The molecule has 0 aliphatic heterocycles. The number of hydrogen-bond acceptors (Lipinski definition) is 6. The zero-order valence-corrected chi connectivity index (χ0v) is 18.2. The van der Waals surface area contributed by atoms with E-state index in [1.165, 1.54) is 63.5 Å². The number of nitrogens with one attached hydrogen (secondary N) is 1. The number of Topliss-reactive ketones (excluding diaryl/α,β-unsaturated/α-hetero) is 1. The van der Waals surface area contributed by atoms with Crippen molar-refractivity contribution in [1.29, 1.82) is 0 Å². The Balaban J connectivity index is 2.01. The van der Waals surface area contributed by atoms with Crippen molar-refractivity contribution >= 4 is 33.1 Å². The van der Waals surface area contributed by atoms with E-state index in [1.54, 1.807) is 0 Å². The fourth-order valence-electron chi connectivity index (χ4n) is 2.73. The van der Waals surface area contributed by atoms with Crippen LogP contribution in [0.5, 0.6) is 5.75 Å². The summed E-state index contributed by atoms with van der Waals surface area (Å²) >= 11 is 0. The molecule has 0 aromatic heterocycles. The molecule has 0 atom stereocenters. The number of nitrogens with zero attached hydrogens (tertiary/aromatic N) is 1. The van der Waals surface area contributed by atoms with Gasteiger partial charge < -0.3 is 15.0 Å². The highest BCUT2D eigenvalue weighted by atomic mass is 32.2. The van der Waals surface area contributed by atoms with Gasteiger partial charge in [0.05, 0.1) is 19.4 Å². The second-order valence-electron chi connectivity index (χ2n) is 6.92. The number of hydrogen-bond donors (Lipinski definition) is 1. The first kappa shape index (κ1) is 24.0. The van der Waals surface area contributed by atoms with Gasteiger partial charge in [0.1, 0.15) is 17.3 Å². The number of ketones is 1. The summed E-state index contributed by atoms with van der Waals surface area (Å²) in [6.07, 6.45) is 0. The fourth-order valence-corrected chi connectivity index (χ4v) is 4.13. The van der Waals surface area contributed by atoms with Gasteiger partial charge in [-0.05, 0) is 49.4 Å². The number of carbonyl (C=O) groups is 3. The summed E-state index contributed by atoms with van der Waals surface area (Å²) in [5.41, 5.74) is 0.934. The van der Waals surface area contributed by atoms with E-state index in [9.17, 15) is 27.2 Å². The molecule has 0 aliphatic rings. The summed E-state index contributed by atoms with van der Waals surface area (Å²) < 4.78 is 43.2. The molecule has 31 heavy (non-hydrogen) atoms. The number of ether oxygens (including phenoxy) is 1. The molecule has 8 nitrogen and oxygen atoms in total. The maximum absolute atomic E-state index is 12.9. The molecule has 2 aromatic carbocycles. The number of rotatable bonds is 9. The van der Waals surface area contributed by atoms with Crippen LogP contribution in [0.4, 0.5) is 10.1 Å². The monoisotopic (exact) mass is 450 g/mol. The molecule has 1 N–H and O–H groups in total. The Hall–Kier alpha value is -3.27. The van der Waals surface area contributed by atoms with Gasteiger partial charge in [-0.15, -0.1) is 0 Å². The van der Waals surface area contributed by atoms with Crippen molar-refractivity contribution in [2.45, 2.75) is 12.7 Å². The molecular weight excluding hydrogens is 427 g/mol. The first-order valence-electron chi connectivity index (χ1n) is 9.18. The first-order chi connectivity index (χ1) is 14.5. The fraction of sp³-hybridized carbons (Fsp3) is 0.286. The van der Waals surface area contributed by atoms with Crippen LogP contribution in [0.3, 0.4) is 0 Å². The molecular formula is C21H23FN2O6S. The minimum absolute atomic E-state index is 0.232. The van der Waals surface area contributed by atoms with E-state index in [2.05, 4.69) is 5.32 Å². The Morgan fingerprint density at radius 2 is 1.74 bits per heavy atom. The minimum Gasteiger partial charge on any atom is -0.496 e. The van der Waals surface area contributed by atoms with Crippen molar-refractivity contribution in [3.8, 4) is 5.75 Å². The first-order valence-corrected chi connectivity index (χ1v) is 11.0. The van der Waals surface area contributed by atoms with Crippen LogP contribution in [0.1, 0.15) is 22.8 Å². The second-order valence-corrected chi connectivity index (χ2v) is 8.98. The Morgan fingerprint density at radius 3 is 2.32 bits per heavy atom. The lowest BCUT2D eigenvalue weighted by atomic mass is 10.1.